The molecule has 0 aliphatic carbocycles. The molecule has 0 spiro atoms. The van der Waals surface area contributed by atoms with E-state index in [0.29, 0.717) is 5.75 Å². The van der Waals surface area contributed by atoms with Crippen LogP contribution in [0.15, 0.2) is 42.5 Å². The van der Waals surface area contributed by atoms with Crippen molar-refractivity contribution in [2.75, 3.05) is 13.1 Å². The molecule has 2 N–H and O–H groups in total. The third-order valence-electron chi connectivity index (χ3n) is 3.85. The van der Waals surface area contributed by atoms with Gasteiger partial charge in [-0.15, -0.1) is 0 Å². The maximum absolute atomic E-state index is 10.2. The minimum absolute atomic E-state index is 0.435. The van der Waals surface area contributed by atoms with Gasteiger partial charge >= 0.3 is 0 Å². The molecule has 0 aromatic heterocycles. The van der Waals surface area contributed by atoms with Crippen LogP contribution in [0.2, 0.25) is 0 Å². The molecule has 0 bridgehead atoms. The van der Waals surface area contributed by atoms with Crippen molar-refractivity contribution in [1.82, 2.24) is 5.32 Å². The summed E-state index contributed by atoms with van der Waals surface area (Å²) in [5.41, 5.74) is 5.08. The van der Waals surface area contributed by atoms with E-state index in [2.05, 4.69) is 35.6 Å². The Morgan fingerprint density at radius 3 is 2.58 bits per heavy atom. The number of hydrogen-bond donors (Lipinski definition) is 2. The summed E-state index contributed by atoms with van der Waals surface area (Å²) in [7, 11) is 0. The Bertz CT molecular complexity index is 563. The van der Waals surface area contributed by atoms with Crippen LogP contribution in [0, 0.1) is 0 Å². The van der Waals surface area contributed by atoms with Crippen LogP contribution in [0.1, 0.15) is 22.3 Å². The van der Waals surface area contributed by atoms with E-state index in [9.17, 15) is 5.11 Å². The molecular formula is C17H19NO. The van der Waals surface area contributed by atoms with Crippen LogP contribution in [0.4, 0.5) is 0 Å². The first-order chi connectivity index (χ1) is 9.34. The van der Waals surface area contributed by atoms with Gasteiger partial charge in [-0.25, -0.2) is 0 Å². The number of phenolic OH excluding ortho intramolecular Hbond substituents is 1. The predicted molar refractivity (Wildman–Crippen MR) is 77.6 cm³/mol. The Hall–Kier alpha value is -1.80. The highest BCUT2D eigenvalue weighted by atomic mass is 16.3. The van der Waals surface area contributed by atoms with Crippen LogP contribution < -0.4 is 5.32 Å². The average Bonchev–Trinajstić information content (AvgIpc) is 2.69. The highest BCUT2D eigenvalue weighted by Gasteiger charge is 2.15. The molecule has 0 unspecified atom stereocenters. The molecule has 0 saturated heterocycles. The van der Waals surface area contributed by atoms with Crippen molar-refractivity contribution in [2.24, 2.45) is 0 Å². The first-order valence-corrected chi connectivity index (χ1v) is 6.92. The Labute approximate surface area is 114 Å². The lowest BCUT2D eigenvalue weighted by Crippen LogP contribution is -2.16. The lowest BCUT2D eigenvalue weighted by Gasteiger charge is -2.14. The summed E-state index contributed by atoms with van der Waals surface area (Å²) >= 11 is 0. The van der Waals surface area contributed by atoms with E-state index < -0.39 is 0 Å². The van der Waals surface area contributed by atoms with E-state index in [1.165, 1.54) is 16.7 Å². The van der Waals surface area contributed by atoms with Crippen molar-refractivity contribution in [3.63, 3.8) is 0 Å². The second-order valence-electron chi connectivity index (χ2n) is 5.11. The van der Waals surface area contributed by atoms with Gasteiger partial charge < -0.3 is 10.4 Å². The lowest BCUT2D eigenvalue weighted by molar-refractivity contribution is 0.468. The highest BCUT2D eigenvalue weighted by Crippen LogP contribution is 2.28. The maximum atomic E-state index is 10.2. The highest BCUT2D eigenvalue weighted by molar-refractivity contribution is 5.47. The fourth-order valence-corrected chi connectivity index (χ4v) is 2.83. The van der Waals surface area contributed by atoms with Crippen molar-refractivity contribution in [2.45, 2.75) is 19.3 Å². The van der Waals surface area contributed by atoms with Gasteiger partial charge in [0.1, 0.15) is 5.75 Å². The first-order valence-electron chi connectivity index (χ1n) is 6.92. The van der Waals surface area contributed by atoms with Gasteiger partial charge in [0.2, 0.25) is 0 Å². The second-order valence-corrected chi connectivity index (χ2v) is 5.11. The summed E-state index contributed by atoms with van der Waals surface area (Å²) in [6, 6.07) is 14.3. The third-order valence-corrected chi connectivity index (χ3v) is 3.85. The second kappa shape index (κ2) is 5.45. The monoisotopic (exact) mass is 253 g/mol. The summed E-state index contributed by atoms with van der Waals surface area (Å²) in [6.07, 6.45) is 2.87. The van der Waals surface area contributed by atoms with E-state index in [1.54, 1.807) is 0 Å². The molecule has 0 fully saturated rings. The quantitative estimate of drug-likeness (QED) is 0.862. The van der Waals surface area contributed by atoms with E-state index in [4.69, 9.17) is 0 Å². The number of rotatable bonds is 2. The number of nitrogens with one attached hydrogen (secondary N) is 1. The molecule has 0 radical (unpaired) electrons. The zero-order chi connectivity index (χ0) is 13.1. The van der Waals surface area contributed by atoms with Gasteiger partial charge in [-0.1, -0.05) is 36.4 Å². The number of fused-ring (bicyclic) bond motifs is 1. The fourth-order valence-electron chi connectivity index (χ4n) is 2.83. The van der Waals surface area contributed by atoms with Gasteiger partial charge in [0.15, 0.2) is 0 Å². The molecule has 19 heavy (non-hydrogen) atoms. The number of benzene rings is 2. The van der Waals surface area contributed by atoms with Crippen LogP contribution in [-0.4, -0.2) is 18.2 Å². The molecule has 98 valence electrons. The van der Waals surface area contributed by atoms with Crippen molar-refractivity contribution >= 4 is 0 Å². The summed E-state index contributed by atoms with van der Waals surface area (Å²) in [4.78, 5) is 0. The summed E-state index contributed by atoms with van der Waals surface area (Å²) in [5, 5.41) is 13.6. The largest absolute Gasteiger partial charge is 0.508 e. The topological polar surface area (TPSA) is 32.3 Å². The van der Waals surface area contributed by atoms with Crippen LogP contribution >= 0.6 is 0 Å². The Kier molecular flexibility index (Phi) is 3.51. The van der Waals surface area contributed by atoms with E-state index in [1.807, 2.05) is 12.1 Å². The molecule has 2 aromatic rings. The molecule has 0 saturated carbocycles. The minimum atomic E-state index is 0.435. The summed E-state index contributed by atoms with van der Waals surface area (Å²) < 4.78 is 0. The van der Waals surface area contributed by atoms with Crippen molar-refractivity contribution < 1.29 is 5.11 Å². The van der Waals surface area contributed by atoms with E-state index in [0.717, 1.165) is 37.9 Å². The van der Waals surface area contributed by atoms with Gasteiger partial charge in [-0.05, 0) is 48.7 Å². The molecule has 1 aliphatic rings. The van der Waals surface area contributed by atoms with Gasteiger partial charge in [0, 0.05) is 12.0 Å². The van der Waals surface area contributed by atoms with Gasteiger partial charge in [0.25, 0.3) is 0 Å². The number of phenols is 1. The molecule has 1 aliphatic heterocycles. The zero-order valence-electron chi connectivity index (χ0n) is 11.0. The van der Waals surface area contributed by atoms with Crippen LogP contribution in [0.25, 0.3) is 0 Å². The average molecular weight is 253 g/mol. The molecule has 1 heterocycles. The molecule has 2 aromatic carbocycles. The van der Waals surface area contributed by atoms with E-state index >= 15 is 0 Å². The van der Waals surface area contributed by atoms with Gasteiger partial charge in [-0.3, -0.25) is 0 Å². The fraction of sp³-hybridized carbons (Fsp3) is 0.294. The van der Waals surface area contributed by atoms with E-state index in [-0.39, 0.29) is 0 Å². The maximum Gasteiger partial charge on any atom is 0.119 e. The first kappa shape index (κ1) is 12.2. The van der Waals surface area contributed by atoms with Crippen molar-refractivity contribution in [1.29, 1.82) is 0 Å². The summed E-state index contributed by atoms with van der Waals surface area (Å²) in [5.74, 6) is 0.435. The third kappa shape index (κ3) is 2.64. The van der Waals surface area contributed by atoms with Crippen molar-refractivity contribution in [3.8, 4) is 5.75 Å². The zero-order valence-corrected chi connectivity index (χ0v) is 11.0. The Morgan fingerprint density at radius 1 is 0.947 bits per heavy atom. The Balaban J connectivity index is 2.00. The number of aromatic hydroxyl groups is 1. The number of hydrogen-bond acceptors (Lipinski definition) is 2. The molecular weight excluding hydrogens is 234 g/mol. The molecule has 0 amide bonds. The predicted octanol–water partition coefficient (Wildman–Crippen LogP) is 2.67. The van der Waals surface area contributed by atoms with Crippen LogP contribution in [-0.2, 0) is 19.3 Å². The Morgan fingerprint density at radius 2 is 1.74 bits per heavy atom. The van der Waals surface area contributed by atoms with Gasteiger partial charge in [-0.2, -0.15) is 0 Å². The molecule has 2 heteroatoms. The summed E-state index contributed by atoms with van der Waals surface area (Å²) in [6.45, 7) is 2.03. The van der Waals surface area contributed by atoms with Crippen LogP contribution in [0.5, 0.6) is 5.75 Å². The molecule has 0 atom stereocenters. The minimum Gasteiger partial charge on any atom is -0.508 e. The SMILES string of the molecule is Oc1ccc2c(c1Cc1ccccc1)CCNCC2. The normalized spacial score (nSPS) is 14.7. The van der Waals surface area contributed by atoms with Crippen molar-refractivity contribution in [3.05, 3.63) is 64.7 Å². The lowest BCUT2D eigenvalue weighted by atomic mass is 9.92. The molecule has 2 nitrogen and oxygen atoms in total. The standard InChI is InChI=1S/C17H19NO/c19-17-7-6-14-8-10-18-11-9-15(14)16(17)12-13-4-2-1-3-5-13/h1-7,18-19H,8-12H2. The van der Waals surface area contributed by atoms with Crippen LogP contribution in [0.3, 0.4) is 0 Å². The molecule has 3 rings (SSSR count). The van der Waals surface area contributed by atoms with Gasteiger partial charge in [0.05, 0.1) is 0 Å². The smallest absolute Gasteiger partial charge is 0.119 e.